The zero-order valence-electron chi connectivity index (χ0n) is 9.99. The lowest BCUT2D eigenvalue weighted by Gasteiger charge is -2.10. The molecule has 92 valence electrons. The second-order valence-corrected chi connectivity index (χ2v) is 5.53. The number of nitrogens with two attached hydrogens (primary N) is 1. The molecule has 4 nitrogen and oxygen atoms in total. The van der Waals surface area contributed by atoms with Crippen molar-refractivity contribution in [2.24, 2.45) is 11.7 Å². The average molecular weight is 237 g/mol. The lowest BCUT2D eigenvalue weighted by molar-refractivity contribution is 0.151. The Labute approximate surface area is 97.6 Å². The summed E-state index contributed by atoms with van der Waals surface area (Å²) < 4.78 is 4.28. The quantitative estimate of drug-likeness (QED) is 0.653. The fraction of sp³-hybridized carbons (Fsp3) is 0.900. The van der Waals surface area contributed by atoms with Crippen molar-refractivity contribution in [2.75, 3.05) is 13.2 Å². The number of thiol groups is 1. The smallest absolute Gasteiger partial charge is 0.404 e. The van der Waals surface area contributed by atoms with E-state index in [0.29, 0.717) is 12.5 Å². The van der Waals surface area contributed by atoms with E-state index in [9.17, 15) is 4.79 Å². The van der Waals surface area contributed by atoms with E-state index >= 15 is 0 Å². The molecular formula is C10H23NO3S. The maximum Gasteiger partial charge on any atom is 0.404 e. The Bertz CT molecular complexity index is 167. The number of aliphatic hydroxyl groups is 1. The predicted octanol–water partition coefficient (Wildman–Crippen LogP) is 1.81. The van der Waals surface area contributed by atoms with Crippen LogP contribution in [0, 0.1) is 5.92 Å². The molecule has 0 spiro atoms. The standard InChI is InChI=1S/C6H13NO2.C4H10OS/c1-5(2)3-4-9-6(7)8;1-4(2,6)3-5/h5H,3-4H2,1-2H3,(H2,7,8);5-6H,3H2,1-2H3. The van der Waals surface area contributed by atoms with Crippen LogP contribution in [0.3, 0.4) is 0 Å². The molecule has 0 aliphatic carbocycles. The van der Waals surface area contributed by atoms with Crippen LogP contribution in [0.1, 0.15) is 34.1 Å². The van der Waals surface area contributed by atoms with Crippen LogP contribution in [-0.4, -0.2) is 29.2 Å². The zero-order chi connectivity index (χ0) is 12.5. The average Bonchev–Trinajstić information content (AvgIpc) is 2.02. The first-order valence-corrected chi connectivity index (χ1v) is 5.39. The van der Waals surface area contributed by atoms with E-state index in [4.69, 9.17) is 10.8 Å². The van der Waals surface area contributed by atoms with Crippen molar-refractivity contribution < 1.29 is 14.6 Å². The van der Waals surface area contributed by atoms with Crippen LogP contribution >= 0.6 is 12.6 Å². The molecule has 0 bridgehead atoms. The first-order chi connectivity index (χ1) is 6.69. The summed E-state index contributed by atoms with van der Waals surface area (Å²) in [5, 5.41) is 8.33. The largest absolute Gasteiger partial charge is 0.450 e. The van der Waals surface area contributed by atoms with E-state index in [-0.39, 0.29) is 11.4 Å². The van der Waals surface area contributed by atoms with Crippen molar-refractivity contribution in [2.45, 2.75) is 38.9 Å². The van der Waals surface area contributed by atoms with Gasteiger partial charge in [0.05, 0.1) is 13.2 Å². The van der Waals surface area contributed by atoms with Gasteiger partial charge in [-0.25, -0.2) is 4.79 Å². The Kier molecular flexibility index (Phi) is 10.0. The number of amides is 1. The third kappa shape index (κ3) is 24.7. The summed E-state index contributed by atoms with van der Waals surface area (Å²) >= 11 is 4.00. The molecule has 0 fully saturated rings. The maximum atomic E-state index is 9.98. The first-order valence-electron chi connectivity index (χ1n) is 4.94. The highest BCUT2D eigenvalue weighted by Crippen LogP contribution is 2.08. The molecule has 0 heterocycles. The molecule has 0 unspecified atom stereocenters. The molecule has 0 saturated carbocycles. The predicted molar refractivity (Wildman–Crippen MR) is 65.1 cm³/mol. The second-order valence-electron chi connectivity index (χ2n) is 4.32. The van der Waals surface area contributed by atoms with Crippen molar-refractivity contribution in [3.05, 3.63) is 0 Å². The molecule has 3 N–H and O–H groups in total. The van der Waals surface area contributed by atoms with E-state index in [1.54, 1.807) is 0 Å². The molecule has 0 aromatic carbocycles. The number of carbonyl (C=O) groups is 1. The number of aliphatic hydroxyl groups excluding tert-OH is 1. The summed E-state index contributed by atoms with van der Waals surface area (Å²) in [4.78, 5) is 9.98. The molecule has 0 aliphatic heterocycles. The number of carbonyl (C=O) groups excluding carboxylic acids is 1. The molecule has 0 aliphatic rings. The van der Waals surface area contributed by atoms with Crippen molar-refractivity contribution in [1.82, 2.24) is 0 Å². The highest BCUT2D eigenvalue weighted by molar-refractivity contribution is 7.81. The van der Waals surface area contributed by atoms with Crippen LogP contribution < -0.4 is 5.73 Å². The maximum absolute atomic E-state index is 9.98. The molecule has 1 amide bonds. The molecule has 0 rings (SSSR count). The topological polar surface area (TPSA) is 72.6 Å². The van der Waals surface area contributed by atoms with Gasteiger partial charge in [0.1, 0.15) is 0 Å². The summed E-state index contributed by atoms with van der Waals surface area (Å²) in [5.74, 6) is 0.560. The third-order valence-corrected chi connectivity index (χ3v) is 1.47. The van der Waals surface area contributed by atoms with Crippen LogP contribution in [-0.2, 0) is 4.74 Å². The summed E-state index contributed by atoms with van der Waals surface area (Å²) in [6.07, 6.45) is 0.193. The SMILES string of the molecule is CC(C)(S)CO.CC(C)CCOC(N)=O. The van der Waals surface area contributed by atoms with E-state index in [1.165, 1.54) is 0 Å². The van der Waals surface area contributed by atoms with Crippen molar-refractivity contribution in [3.8, 4) is 0 Å². The Balaban J connectivity index is 0. The minimum Gasteiger partial charge on any atom is -0.450 e. The van der Waals surface area contributed by atoms with Crippen LogP contribution in [0.2, 0.25) is 0 Å². The van der Waals surface area contributed by atoms with Gasteiger partial charge in [0.25, 0.3) is 0 Å². The summed E-state index contributed by atoms with van der Waals surface area (Å²) in [7, 11) is 0. The third-order valence-electron chi connectivity index (χ3n) is 1.33. The lowest BCUT2D eigenvalue weighted by atomic mass is 10.1. The summed E-state index contributed by atoms with van der Waals surface area (Å²) in [6, 6.07) is 0. The Morgan fingerprint density at radius 1 is 1.53 bits per heavy atom. The van der Waals surface area contributed by atoms with E-state index in [2.05, 4.69) is 31.2 Å². The molecule has 15 heavy (non-hydrogen) atoms. The fourth-order valence-corrected chi connectivity index (χ4v) is 0.395. The monoisotopic (exact) mass is 237 g/mol. The molecule has 5 heteroatoms. The van der Waals surface area contributed by atoms with E-state index < -0.39 is 6.09 Å². The number of primary amides is 1. The van der Waals surface area contributed by atoms with Gasteiger partial charge in [-0.2, -0.15) is 12.6 Å². The van der Waals surface area contributed by atoms with Crippen LogP contribution in [0.5, 0.6) is 0 Å². The minimum atomic E-state index is -0.685. The van der Waals surface area contributed by atoms with Gasteiger partial charge in [-0.1, -0.05) is 13.8 Å². The van der Waals surface area contributed by atoms with Crippen molar-refractivity contribution in [3.63, 3.8) is 0 Å². The fourth-order valence-electron chi connectivity index (χ4n) is 0.395. The van der Waals surface area contributed by atoms with E-state index in [0.717, 1.165) is 6.42 Å². The summed E-state index contributed by atoms with van der Waals surface area (Å²) in [6.45, 7) is 8.41. The summed E-state index contributed by atoms with van der Waals surface area (Å²) in [5.41, 5.74) is 4.72. The van der Waals surface area contributed by atoms with Gasteiger partial charge in [0.2, 0.25) is 0 Å². The highest BCUT2D eigenvalue weighted by atomic mass is 32.1. The zero-order valence-corrected chi connectivity index (χ0v) is 10.9. The highest BCUT2D eigenvalue weighted by Gasteiger charge is 2.06. The molecule has 0 aromatic heterocycles. The Morgan fingerprint density at radius 3 is 2.13 bits per heavy atom. The molecule has 0 aromatic rings. The van der Waals surface area contributed by atoms with Gasteiger partial charge >= 0.3 is 6.09 Å². The number of hydrogen-bond acceptors (Lipinski definition) is 4. The molecule has 0 atom stereocenters. The number of rotatable bonds is 4. The van der Waals surface area contributed by atoms with Gasteiger partial charge in [-0.05, 0) is 26.2 Å². The van der Waals surface area contributed by atoms with Crippen LogP contribution in [0.4, 0.5) is 4.79 Å². The van der Waals surface area contributed by atoms with Gasteiger partial charge in [0, 0.05) is 4.75 Å². The van der Waals surface area contributed by atoms with Crippen LogP contribution in [0.15, 0.2) is 0 Å². The van der Waals surface area contributed by atoms with Crippen molar-refractivity contribution >= 4 is 18.7 Å². The molecule has 0 radical (unpaired) electrons. The van der Waals surface area contributed by atoms with Gasteiger partial charge in [-0.3, -0.25) is 0 Å². The van der Waals surface area contributed by atoms with Crippen molar-refractivity contribution in [1.29, 1.82) is 0 Å². The second kappa shape index (κ2) is 8.85. The van der Waals surface area contributed by atoms with Crippen LogP contribution in [0.25, 0.3) is 0 Å². The first kappa shape index (κ1) is 17.0. The van der Waals surface area contributed by atoms with Gasteiger partial charge in [-0.15, -0.1) is 0 Å². The minimum absolute atomic E-state index is 0.135. The Morgan fingerprint density at radius 2 is 1.93 bits per heavy atom. The number of ether oxygens (including phenoxy) is 1. The normalized spacial score (nSPS) is 10.6. The van der Waals surface area contributed by atoms with Gasteiger partial charge < -0.3 is 15.6 Å². The lowest BCUT2D eigenvalue weighted by Crippen LogP contribution is -2.15. The van der Waals surface area contributed by atoms with Gasteiger partial charge in [0.15, 0.2) is 0 Å². The molecule has 0 saturated heterocycles. The molecular weight excluding hydrogens is 214 g/mol. The number of hydrogen-bond donors (Lipinski definition) is 3. The Hall–Kier alpha value is -0.420. The van der Waals surface area contributed by atoms with E-state index in [1.807, 2.05) is 13.8 Å².